The average Bonchev–Trinajstić information content (AvgIpc) is 2.71. The number of nitrogens with one attached hydrogen (secondary N) is 2. The first kappa shape index (κ1) is 27.8. The second kappa shape index (κ2) is 13.4. The minimum atomic E-state index is -4.18. The van der Waals surface area contributed by atoms with Gasteiger partial charge in [0.25, 0.3) is 16.0 Å². The molecule has 1 aromatic heterocycles. The first-order valence-electron chi connectivity index (χ1n) is 9.81. The van der Waals surface area contributed by atoms with Gasteiger partial charge in [0.2, 0.25) is 5.91 Å². The maximum atomic E-state index is 12.8. The van der Waals surface area contributed by atoms with E-state index in [0.29, 0.717) is 5.75 Å². The van der Waals surface area contributed by atoms with Crippen molar-refractivity contribution in [3.63, 3.8) is 0 Å². The Labute approximate surface area is 192 Å². The van der Waals surface area contributed by atoms with Gasteiger partial charge in [-0.05, 0) is 24.2 Å². The summed E-state index contributed by atoms with van der Waals surface area (Å²) in [5, 5.41) is 4.87. The van der Waals surface area contributed by atoms with E-state index in [1.165, 1.54) is 30.5 Å². The Balaban J connectivity index is 2.73. The summed E-state index contributed by atoms with van der Waals surface area (Å²) < 4.78 is 40.9. The van der Waals surface area contributed by atoms with E-state index in [9.17, 15) is 22.8 Å². The van der Waals surface area contributed by atoms with E-state index in [1.807, 2.05) is 6.92 Å². The van der Waals surface area contributed by atoms with Crippen molar-refractivity contribution in [1.29, 1.82) is 0 Å². The standard InChI is InChI=1S/C19H29N3O8S2/c1-4-31-29-13-19(2,3)16(30-18(25)14-6-5-8-20-12-14)17(24)22-9-7-15(23)21-10-11-32(26,27)28/h5-6,8,12,16H,4,7,9-11,13H2,1-3H3,(H,21,23)(H,22,24)(H,26,27,28). The zero-order chi connectivity index (χ0) is 24.2. The molecule has 3 N–H and O–H groups in total. The maximum Gasteiger partial charge on any atom is 0.340 e. The van der Waals surface area contributed by atoms with Crippen molar-refractivity contribution in [2.75, 3.05) is 31.2 Å². The summed E-state index contributed by atoms with van der Waals surface area (Å²) in [6, 6.07) is 3.08. The molecule has 11 nitrogen and oxygen atoms in total. The molecule has 13 heteroatoms. The third kappa shape index (κ3) is 10.9. The number of carbonyl (C=O) groups is 3. The predicted molar refractivity (Wildman–Crippen MR) is 118 cm³/mol. The van der Waals surface area contributed by atoms with Crippen LogP contribution in [-0.4, -0.2) is 73.0 Å². The molecule has 32 heavy (non-hydrogen) atoms. The number of ether oxygens (including phenoxy) is 1. The fourth-order valence-corrected chi connectivity index (χ4v) is 3.29. The summed E-state index contributed by atoms with van der Waals surface area (Å²) in [5.74, 6) is -1.75. The SMILES string of the molecule is CCSOCC(C)(C)C(OC(=O)c1cccnc1)C(=O)NCCC(=O)NCCS(=O)(=O)O. The van der Waals surface area contributed by atoms with Gasteiger partial charge in [-0.25, -0.2) is 4.79 Å². The summed E-state index contributed by atoms with van der Waals surface area (Å²) in [4.78, 5) is 40.9. The lowest BCUT2D eigenvalue weighted by atomic mass is 9.86. The fraction of sp³-hybridized carbons (Fsp3) is 0.579. The molecule has 0 spiro atoms. The zero-order valence-electron chi connectivity index (χ0n) is 18.2. The second-order valence-corrected chi connectivity index (χ2v) is 9.98. The van der Waals surface area contributed by atoms with Crippen molar-refractivity contribution >= 4 is 39.9 Å². The Kier molecular flexibility index (Phi) is 11.6. The molecule has 1 unspecified atom stereocenters. The molecule has 1 aromatic rings. The molecule has 2 amide bonds. The molecule has 0 aliphatic rings. The molecule has 0 fully saturated rings. The Morgan fingerprint density at radius 3 is 2.56 bits per heavy atom. The summed E-state index contributed by atoms with van der Waals surface area (Å²) in [6.07, 6.45) is 1.48. The molecule has 1 atom stereocenters. The summed E-state index contributed by atoms with van der Waals surface area (Å²) in [6.45, 7) is 5.14. The van der Waals surface area contributed by atoms with Gasteiger partial charge in [-0.15, -0.1) is 0 Å². The molecule has 0 aliphatic carbocycles. The van der Waals surface area contributed by atoms with Gasteiger partial charge in [0.1, 0.15) is 0 Å². The zero-order valence-corrected chi connectivity index (χ0v) is 19.8. The van der Waals surface area contributed by atoms with E-state index in [-0.39, 0.29) is 31.7 Å². The number of esters is 1. The van der Waals surface area contributed by atoms with Crippen LogP contribution in [-0.2, 0) is 28.6 Å². The molecular formula is C19H29N3O8S2. The van der Waals surface area contributed by atoms with Crippen molar-refractivity contribution in [3.05, 3.63) is 30.1 Å². The highest BCUT2D eigenvalue weighted by atomic mass is 32.2. The van der Waals surface area contributed by atoms with Gasteiger partial charge in [0, 0.05) is 43.1 Å². The smallest absolute Gasteiger partial charge is 0.340 e. The molecule has 0 saturated heterocycles. The van der Waals surface area contributed by atoms with E-state index in [2.05, 4.69) is 15.6 Å². The van der Waals surface area contributed by atoms with E-state index in [0.717, 1.165) is 0 Å². The van der Waals surface area contributed by atoms with E-state index >= 15 is 0 Å². The molecule has 0 bridgehead atoms. The number of carbonyl (C=O) groups excluding carboxylic acids is 3. The van der Waals surface area contributed by atoms with Crippen LogP contribution in [0.1, 0.15) is 37.6 Å². The molecule has 1 heterocycles. The molecular weight excluding hydrogens is 462 g/mol. The second-order valence-electron chi connectivity index (χ2n) is 7.36. The van der Waals surface area contributed by atoms with Crippen LogP contribution in [0, 0.1) is 5.41 Å². The fourth-order valence-electron chi connectivity index (χ4n) is 2.38. The summed E-state index contributed by atoms with van der Waals surface area (Å²) >= 11 is 1.21. The third-order valence-electron chi connectivity index (χ3n) is 4.04. The molecule has 0 aromatic carbocycles. The van der Waals surface area contributed by atoms with Crippen LogP contribution < -0.4 is 10.6 Å². The number of amides is 2. The number of hydrogen-bond acceptors (Lipinski definition) is 9. The Bertz CT molecular complexity index is 863. The molecule has 180 valence electrons. The number of aromatic nitrogens is 1. The number of pyridine rings is 1. The van der Waals surface area contributed by atoms with Gasteiger partial charge in [0.15, 0.2) is 6.10 Å². The highest BCUT2D eigenvalue weighted by molar-refractivity contribution is 7.94. The summed E-state index contributed by atoms with van der Waals surface area (Å²) in [5.41, 5.74) is -0.704. The van der Waals surface area contributed by atoms with Crippen LogP contribution in [0.2, 0.25) is 0 Å². The predicted octanol–water partition coefficient (Wildman–Crippen LogP) is 0.828. The Hall–Kier alpha value is -2.22. The molecule has 1 rings (SSSR count). The lowest BCUT2D eigenvalue weighted by Crippen LogP contribution is -2.49. The van der Waals surface area contributed by atoms with Crippen LogP contribution in [0.5, 0.6) is 0 Å². The Morgan fingerprint density at radius 2 is 1.97 bits per heavy atom. The number of nitrogens with zero attached hydrogens (tertiary/aromatic N) is 1. The van der Waals surface area contributed by atoms with Gasteiger partial charge in [-0.2, -0.15) is 8.42 Å². The monoisotopic (exact) mass is 491 g/mol. The number of rotatable bonds is 14. The van der Waals surface area contributed by atoms with Crippen molar-refractivity contribution in [1.82, 2.24) is 15.6 Å². The quantitative estimate of drug-likeness (QED) is 0.147. The highest BCUT2D eigenvalue weighted by Crippen LogP contribution is 2.27. The van der Waals surface area contributed by atoms with E-state index < -0.39 is 45.2 Å². The van der Waals surface area contributed by atoms with Gasteiger partial charge in [-0.1, -0.05) is 20.8 Å². The van der Waals surface area contributed by atoms with Crippen molar-refractivity contribution in [2.45, 2.75) is 33.3 Å². The lowest BCUT2D eigenvalue weighted by molar-refractivity contribution is -0.137. The van der Waals surface area contributed by atoms with Gasteiger partial charge < -0.3 is 19.6 Å². The van der Waals surface area contributed by atoms with E-state index in [4.69, 9.17) is 13.5 Å². The van der Waals surface area contributed by atoms with Crippen molar-refractivity contribution in [3.8, 4) is 0 Å². The van der Waals surface area contributed by atoms with Gasteiger partial charge >= 0.3 is 5.97 Å². The third-order valence-corrected chi connectivity index (χ3v) is 5.28. The first-order valence-corrected chi connectivity index (χ1v) is 12.3. The minimum Gasteiger partial charge on any atom is -0.448 e. The Morgan fingerprint density at radius 1 is 1.25 bits per heavy atom. The number of hydrogen-bond donors (Lipinski definition) is 3. The summed E-state index contributed by atoms with van der Waals surface area (Å²) in [7, 11) is -4.18. The van der Waals surface area contributed by atoms with Gasteiger partial charge in [-0.3, -0.25) is 19.1 Å². The lowest BCUT2D eigenvalue weighted by Gasteiger charge is -2.32. The molecule has 0 radical (unpaired) electrons. The van der Waals surface area contributed by atoms with Crippen LogP contribution in [0.3, 0.4) is 0 Å². The molecule has 0 saturated carbocycles. The normalized spacial score (nSPS) is 12.6. The van der Waals surface area contributed by atoms with Gasteiger partial charge in [0.05, 0.1) is 17.9 Å². The maximum absolute atomic E-state index is 12.8. The van der Waals surface area contributed by atoms with E-state index in [1.54, 1.807) is 19.9 Å². The first-order chi connectivity index (χ1) is 15.0. The van der Waals surface area contributed by atoms with Crippen molar-refractivity contribution < 1.29 is 36.3 Å². The highest BCUT2D eigenvalue weighted by Gasteiger charge is 2.39. The largest absolute Gasteiger partial charge is 0.448 e. The van der Waals surface area contributed by atoms with Crippen LogP contribution >= 0.6 is 12.0 Å². The minimum absolute atomic E-state index is 0.0713. The average molecular weight is 492 g/mol. The topological polar surface area (TPSA) is 161 Å². The van der Waals surface area contributed by atoms with Crippen LogP contribution in [0.4, 0.5) is 0 Å². The van der Waals surface area contributed by atoms with Crippen LogP contribution in [0.25, 0.3) is 0 Å². The van der Waals surface area contributed by atoms with Crippen LogP contribution in [0.15, 0.2) is 24.5 Å². The van der Waals surface area contributed by atoms with Crippen molar-refractivity contribution in [2.24, 2.45) is 5.41 Å². The molecule has 0 aliphatic heterocycles.